The SMILES string of the molecule is CC(=NNC(=O)CNc1ccccc1)c1scnc1C. The van der Waals surface area contributed by atoms with E-state index < -0.39 is 0 Å². The third-order valence-electron chi connectivity index (χ3n) is 2.65. The average Bonchev–Trinajstić information content (AvgIpc) is 2.90. The highest BCUT2D eigenvalue weighted by Gasteiger charge is 2.06. The second-order valence-electron chi connectivity index (χ2n) is 4.22. The van der Waals surface area contributed by atoms with Gasteiger partial charge in [0, 0.05) is 5.69 Å². The van der Waals surface area contributed by atoms with Crippen LogP contribution in [0.25, 0.3) is 0 Å². The maximum atomic E-state index is 11.7. The Morgan fingerprint density at radius 1 is 1.35 bits per heavy atom. The third kappa shape index (κ3) is 3.89. The van der Waals surface area contributed by atoms with Gasteiger partial charge in [0.05, 0.1) is 28.3 Å². The van der Waals surface area contributed by atoms with Crippen LogP contribution in [0.5, 0.6) is 0 Å². The molecule has 0 fully saturated rings. The van der Waals surface area contributed by atoms with Crippen molar-refractivity contribution >= 4 is 28.6 Å². The molecule has 0 aliphatic rings. The van der Waals surface area contributed by atoms with Crippen LogP contribution in [0.3, 0.4) is 0 Å². The van der Waals surface area contributed by atoms with E-state index >= 15 is 0 Å². The van der Waals surface area contributed by atoms with Gasteiger partial charge in [0.25, 0.3) is 5.91 Å². The van der Waals surface area contributed by atoms with Gasteiger partial charge in [0.1, 0.15) is 0 Å². The molecular formula is C14H16N4OS. The lowest BCUT2D eigenvalue weighted by Crippen LogP contribution is -2.26. The topological polar surface area (TPSA) is 66.4 Å². The highest BCUT2D eigenvalue weighted by molar-refractivity contribution is 7.12. The van der Waals surface area contributed by atoms with Crippen molar-refractivity contribution in [2.45, 2.75) is 13.8 Å². The van der Waals surface area contributed by atoms with E-state index in [2.05, 4.69) is 20.8 Å². The van der Waals surface area contributed by atoms with Gasteiger partial charge < -0.3 is 5.32 Å². The normalized spacial score (nSPS) is 11.2. The van der Waals surface area contributed by atoms with Crippen molar-refractivity contribution in [2.75, 3.05) is 11.9 Å². The lowest BCUT2D eigenvalue weighted by molar-refractivity contribution is -0.119. The number of hydrogen-bond acceptors (Lipinski definition) is 5. The number of hydrazone groups is 1. The molecule has 0 atom stereocenters. The molecule has 2 aromatic rings. The smallest absolute Gasteiger partial charge is 0.259 e. The fraction of sp³-hybridized carbons (Fsp3) is 0.214. The number of rotatable bonds is 5. The van der Waals surface area contributed by atoms with E-state index in [0.717, 1.165) is 22.0 Å². The number of nitrogens with zero attached hydrogens (tertiary/aromatic N) is 2. The Morgan fingerprint density at radius 2 is 2.10 bits per heavy atom. The molecule has 104 valence electrons. The van der Waals surface area contributed by atoms with Crippen LogP contribution >= 0.6 is 11.3 Å². The predicted octanol–water partition coefficient (Wildman–Crippen LogP) is 2.40. The quantitative estimate of drug-likeness (QED) is 0.656. The number of nitrogens with one attached hydrogen (secondary N) is 2. The number of benzene rings is 1. The zero-order valence-corrected chi connectivity index (χ0v) is 12.2. The summed E-state index contributed by atoms with van der Waals surface area (Å²) in [6, 6.07) is 9.56. The lowest BCUT2D eigenvalue weighted by atomic mass is 10.3. The molecule has 0 aliphatic heterocycles. The van der Waals surface area contributed by atoms with Crippen LogP contribution in [0, 0.1) is 6.92 Å². The van der Waals surface area contributed by atoms with Crippen LogP contribution in [0.1, 0.15) is 17.5 Å². The highest BCUT2D eigenvalue weighted by Crippen LogP contribution is 2.12. The van der Waals surface area contributed by atoms with Crippen molar-refractivity contribution in [3.63, 3.8) is 0 Å². The second-order valence-corrected chi connectivity index (χ2v) is 5.07. The molecule has 6 heteroatoms. The standard InChI is InChI=1S/C14H16N4OS/c1-10-14(20-9-16-10)11(2)17-18-13(19)8-15-12-6-4-3-5-7-12/h3-7,9,15H,8H2,1-2H3,(H,18,19). The average molecular weight is 288 g/mol. The molecule has 0 radical (unpaired) electrons. The number of aromatic nitrogens is 1. The summed E-state index contributed by atoms with van der Waals surface area (Å²) in [5.74, 6) is -0.185. The fourth-order valence-electron chi connectivity index (χ4n) is 1.62. The van der Waals surface area contributed by atoms with Crippen molar-refractivity contribution in [3.05, 3.63) is 46.4 Å². The van der Waals surface area contributed by atoms with E-state index in [9.17, 15) is 4.79 Å². The van der Waals surface area contributed by atoms with Crippen molar-refractivity contribution in [2.24, 2.45) is 5.10 Å². The molecule has 0 saturated carbocycles. The predicted molar refractivity (Wildman–Crippen MR) is 82.1 cm³/mol. The first kappa shape index (κ1) is 14.2. The Labute approximate surface area is 121 Å². The monoisotopic (exact) mass is 288 g/mol. The van der Waals surface area contributed by atoms with Crippen molar-refractivity contribution in [1.82, 2.24) is 10.4 Å². The third-order valence-corrected chi connectivity index (χ3v) is 3.69. The summed E-state index contributed by atoms with van der Waals surface area (Å²) in [5, 5.41) is 7.11. The molecule has 1 aromatic heterocycles. The number of hydrogen-bond donors (Lipinski definition) is 2. The molecule has 1 heterocycles. The molecule has 0 unspecified atom stereocenters. The van der Waals surface area contributed by atoms with Gasteiger partial charge in [-0.1, -0.05) is 18.2 Å². The summed E-state index contributed by atoms with van der Waals surface area (Å²) < 4.78 is 0. The molecule has 0 spiro atoms. The summed E-state index contributed by atoms with van der Waals surface area (Å²) in [5.41, 5.74) is 6.89. The minimum Gasteiger partial charge on any atom is -0.376 e. The van der Waals surface area contributed by atoms with Crippen molar-refractivity contribution in [1.29, 1.82) is 0 Å². The number of anilines is 1. The molecule has 2 rings (SSSR count). The number of amides is 1. The van der Waals surface area contributed by atoms with E-state index in [0.29, 0.717) is 0 Å². The number of carbonyl (C=O) groups is 1. The molecule has 20 heavy (non-hydrogen) atoms. The molecule has 0 bridgehead atoms. The van der Waals surface area contributed by atoms with Gasteiger partial charge in [0.15, 0.2) is 0 Å². The Bertz CT molecular complexity index is 607. The van der Waals surface area contributed by atoms with E-state index in [-0.39, 0.29) is 12.5 Å². The van der Waals surface area contributed by atoms with Crippen molar-refractivity contribution < 1.29 is 4.79 Å². The summed E-state index contributed by atoms with van der Waals surface area (Å²) in [6.07, 6.45) is 0. The summed E-state index contributed by atoms with van der Waals surface area (Å²) in [4.78, 5) is 16.8. The Morgan fingerprint density at radius 3 is 2.75 bits per heavy atom. The number of aryl methyl sites for hydroxylation is 1. The van der Waals surface area contributed by atoms with Crippen LogP contribution in [-0.4, -0.2) is 23.1 Å². The van der Waals surface area contributed by atoms with Gasteiger partial charge in [-0.05, 0) is 26.0 Å². The summed E-state index contributed by atoms with van der Waals surface area (Å²) in [6.45, 7) is 3.96. The number of carbonyl (C=O) groups excluding carboxylic acids is 1. The van der Waals surface area contributed by atoms with Gasteiger partial charge in [-0.2, -0.15) is 5.10 Å². The summed E-state index contributed by atoms with van der Waals surface area (Å²) in [7, 11) is 0. The van der Waals surface area contributed by atoms with Crippen molar-refractivity contribution in [3.8, 4) is 0 Å². The largest absolute Gasteiger partial charge is 0.376 e. The first-order valence-electron chi connectivity index (χ1n) is 6.19. The molecule has 5 nitrogen and oxygen atoms in total. The molecule has 2 N–H and O–H groups in total. The van der Waals surface area contributed by atoms with Gasteiger partial charge >= 0.3 is 0 Å². The Balaban J connectivity index is 1.85. The Hall–Kier alpha value is -2.21. The maximum absolute atomic E-state index is 11.7. The van der Waals surface area contributed by atoms with E-state index in [1.54, 1.807) is 5.51 Å². The van der Waals surface area contributed by atoms with Gasteiger partial charge in [-0.3, -0.25) is 4.79 Å². The van der Waals surface area contributed by atoms with Crippen LogP contribution in [-0.2, 0) is 4.79 Å². The highest BCUT2D eigenvalue weighted by atomic mass is 32.1. The summed E-state index contributed by atoms with van der Waals surface area (Å²) >= 11 is 1.51. The Kier molecular flexibility index (Phi) is 4.84. The second kappa shape index (κ2) is 6.81. The zero-order valence-electron chi connectivity index (χ0n) is 11.4. The minimum absolute atomic E-state index is 0.183. The molecule has 0 saturated heterocycles. The first-order valence-corrected chi connectivity index (χ1v) is 7.07. The molecule has 0 aliphatic carbocycles. The lowest BCUT2D eigenvalue weighted by Gasteiger charge is -2.05. The minimum atomic E-state index is -0.185. The van der Waals surface area contributed by atoms with Gasteiger partial charge in [-0.15, -0.1) is 11.3 Å². The van der Waals surface area contributed by atoms with Crippen LogP contribution in [0.15, 0.2) is 40.9 Å². The van der Waals surface area contributed by atoms with Crippen LogP contribution in [0.4, 0.5) is 5.69 Å². The van der Waals surface area contributed by atoms with Gasteiger partial charge in [0.2, 0.25) is 0 Å². The van der Waals surface area contributed by atoms with Gasteiger partial charge in [-0.25, -0.2) is 10.4 Å². The number of thiazole rings is 1. The van der Waals surface area contributed by atoms with E-state index in [1.165, 1.54) is 11.3 Å². The first-order chi connectivity index (χ1) is 9.66. The van der Waals surface area contributed by atoms with E-state index in [4.69, 9.17) is 0 Å². The van der Waals surface area contributed by atoms with Crippen LogP contribution in [0.2, 0.25) is 0 Å². The molecule has 1 aromatic carbocycles. The number of para-hydroxylation sites is 1. The molecule has 1 amide bonds. The zero-order chi connectivity index (χ0) is 14.4. The van der Waals surface area contributed by atoms with Crippen LogP contribution < -0.4 is 10.7 Å². The maximum Gasteiger partial charge on any atom is 0.259 e. The van der Waals surface area contributed by atoms with E-state index in [1.807, 2.05) is 44.2 Å². The fourth-order valence-corrected chi connectivity index (χ4v) is 2.38. The molecular weight excluding hydrogens is 272 g/mol.